The van der Waals surface area contributed by atoms with Gasteiger partial charge in [-0.3, -0.25) is 9.69 Å². The van der Waals surface area contributed by atoms with Crippen molar-refractivity contribution in [2.24, 2.45) is 11.1 Å². The van der Waals surface area contributed by atoms with Crippen LogP contribution in [0.3, 0.4) is 0 Å². The van der Waals surface area contributed by atoms with Gasteiger partial charge in [0.05, 0.1) is 11.5 Å². The van der Waals surface area contributed by atoms with Crippen LogP contribution in [0.4, 0.5) is 0 Å². The van der Waals surface area contributed by atoms with Gasteiger partial charge in [-0.05, 0) is 51.3 Å². The van der Waals surface area contributed by atoms with Gasteiger partial charge in [0.25, 0.3) is 0 Å². The number of nitrogens with two attached hydrogens (primary N) is 1. The molecule has 1 heterocycles. The number of likely N-dealkylation sites (tertiary alicyclic amines) is 1. The molecule has 1 aliphatic rings. The second kappa shape index (κ2) is 8.63. The molecule has 1 unspecified atom stereocenters. The Labute approximate surface area is 146 Å². The Hall–Kier alpha value is -1.39. The summed E-state index contributed by atoms with van der Waals surface area (Å²) in [6.07, 6.45) is 4.05. The fraction of sp³-hybridized carbons (Fsp3) is 0.650. The maximum Gasteiger partial charge on any atom is 0.227 e. The van der Waals surface area contributed by atoms with E-state index in [9.17, 15) is 4.79 Å². The molecule has 2 rings (SSSR count). The monoisotopic (exact) mass is 331 g/mol. The summed E-state index contributed by atoms with van der Waals surface area (Å²) in [7, 11) is 0. The number of hydrogen-bond donors (Lipinski definition) is 2. The minimum Gasteiger partial charge on any atom is -0.354 e. The van der Waals surface area contributed by atoms with Crippen molar-refractivity contribution >= 4 is 5.91 Å². The third kappa shape index (κ3) is 4.17. The normalized spacial score (nSPS) is 17.0. The van der Waals surface area contributed by atoms with Crippen molar-refractivity contribution in [3.63, 3.8) is 0 Å². The molecule has 1 aliphatic heterocycles. The van der Waals surface area contributed by atoms with Gasteiger partial charge in [-0.2, -0.15) is 0 Å². The molecular formula is C20H33N3O. The van der Waals surface area contributed by atoms with Crippen LogP contribution >= 0.6 is 0 Å². The van der Waals surface area contributed by atoms with Crippen LogP contribution in [0.25, 0.3) is 0 Å². The molecule has 1 aromatic rings. The number of hydrogen-bond acceptors (Lipinski definition) is 3. The first-order chi connectivity index (χ1) is 11.6. The summed E-state index contributed by atoms with van der Waals surface area (Å²) in [6, 6.07) is 8.95. The van der Waals surface area contributed by atoms with Crippen LogP contribution in [0, 0.1) is 12.3 Å². The highest BCUT2D eigenvalue weighted by atomic mass is 16.2. The number of carbonyl (C=O) groups excluding carboxylic acids is 1. The van der Waals surface area contributed by atoms with Gasteiger partial charge >= 0.3 is 0 Å². The summed E-state index contributed by atoms with van der Waals surface area (Å²) in [5.41, 5.74) is 8.04. The van der Waals surface area contributed by atoms with Crippen LogP contribution in [-0.2, 0) is 4.79 Å². The number of carbonyl (C=O) groups is 1. The molecule has 1 fully saturated rings. The van der Waals surface area contributed by atoms with E-state index in [1.165, 1.54) is 24.0 Å². The number of benzene rings is 1. The van der Waals surface area contributed by atoms with E-state index < -0.39 is 5.41 Å². The van der Waals surface area contributed by atoms with E-state index in [4.69, 9.17) is 5.73 Å². The minimum atomic E-state index is -0.428. The SMILES string of the molecule is CCC(CC)(CN)C(=O)NCC(c1ccc(C)cc1)N1CCCC1. The lowest BCUT2D eigenvalue weighted by Crippen LogP contribution is -2.47. The molecule has 1 atom stereocenters. The summed E-state index contributed by atoms with van der Waals surface area (Å²) in [5.74, 6) is 0.103. The number of nitrogens with zero attached hydrogens (tertiary/aromatic N) is 1. The maximum atomic E-state index is 12.8. The highest BCUT2D eigenvalue weighted by Gasteiger charge is 2.34. The van der Waals surface area contributed by atoms with E-state index in [0.717, 1.165) is 25.9 Å². The smallest absolute Gasteiger partial charge is 0.227 e. The highest BCUT2D eigenvalue weighted by Crippen LogP contribution is 2.27. The van der Waals surface area contributed by atoms with Crippen LogP contribution in [0.5, 0.6) is 0 Å². The lowest BCUT2D eigenvalue weighted by molar-refractivity contribution is -0.131. The summed E-state index contributed by atoms with van der Waals surface area (Å²) in [6.45, 7) is 9.49. The average molecular weight is 332 g/mol. The molecule has 0 saturated carbocycles. The van der Waals surface area contributed by atoms with Gasteiger partial charge in [-0.25, -0.2) is 0 Å². The Morgan fingerprint density at radius 2 is 1.79 bits per heavy atom. The molecule has 1 aromatic carbocycles. The van der Waals surface area contributed by atoms with Crippen molar-refractivity contribution in [2.45, 2.75) is 52.5 Å². The fourth-order valence-corrected chi connectivity index (χ4v) is 3.63. The summed E-state index contributed by atoms with van der Waals surface area (Å²) in [4.78, 5) is 15.2. The first-order valence-electron chi connectivity index (χ1n) is 9.35. The van der Waals surface area contributed by atoms with E-state index >= 15 is 0 Å². The molecule has 1 amide bonds. The van der Waals surface area contributed by atoms with Crippen LogP contribution in [0.1, 0.15) is 56.7 Å². The van der Waals surface area contributed by atoms with Crippen LogP contribution in [0.15, 0.2) is 24.3 Å². The Kier molecular flexibility index (Phi) is 6.81. The van der Waals surface area contributed by atoms with Crippen LogP contribution < -0.4 is 11.1 Å². The van der Waals surface area contributed by atoms with Gasteiger partial charge in [0.2, 0.25) is 5.91 Å². The second-order valence-corrected chi connectivity index (χ2v) is 7.07. The van der Waals surface area contributed by atoms with Crippen LogP contribution in [0.2, 0.25) is 0 Å². The Morgan fingerprint density at radius 1 is 1.21 bits per heavy atom. The molecule has 1 saturated heterocycles. The largest absolute Gasteiger partial charge is 0.354 e. The quantitative estimate of drug-likeness (QED) is 0.770. The number of aryl methyl sites for hydroxylation is 1. The number of amides is 1. The molecule has 0 bridgehead atoms. The lowest BCUT2D eigenvalue weighted by atomic mass is 9.81. The Balaban J connectivity index is 2.11. The molecule has 0 radical (unpaired) electrons. The average Bonchev–Trinajstić information content (AvgIpc) is 3.13. The molecule has 3 N–H and O–H groups in total. The highest BCUT2D eigenvalue weighted by molar-refractivity contribution is 5.82. The van der Waals surface area contributed by atoms with E-state index in [1.807, 2.05) is 13.8 Å². The molecule has 0 aliphatic carbocycles. The van der Waals surface area contributed by atoms with Gasteiger partial charge < -0.3 is 11.1 Å². The van der Waals surface area contributed by atoms with E-state index in [1.54, 1.807) is 0 Å². The van der Waals surface area contributed by atoms with Crippen molar-refractivity contribution < 1.29 is 4.79 Å². The third-order valence-electron chi connectivity index (χ3n) is 5.73. The minimum absolute atomic E-state index is 0.103. The molecule has 4 nitrogen and oxygen atoms in total. The van der Waals surface area contributed by atoms with Crippen LogP contribution in [-0.4, -0.2) is 37.0 Å². The second-order valence-electron chi connectivity index (χ2n) is 7.07. The van der Waals surface area contributed by atoms with Gasteiger partial charge in [-0.1, -0.05) is 43.7 Å². The molecule has 0 spiro atoms. The standard InChI is InChI=1S/C20H33N3O/c1-4-20(5-2,15-21)19(24)22-14-18(23-12-6-7-13-23)17-10-8-16(3)9-11-17/h8-11,18H,4-7,12-15,21H2,1-3H3,(H,22,24). The predicted molar refractivity (Wildman–Crippen MR) is 99.8 cm³/mol. The topological polar surface area (TPSA) is 58.4 Å². The zero-order valence-corrected chi connectivity index (χ0v) is 15.5. The van der Waals surface area contributed by atoms with Gasteiger partial charge in [0.1, 0.15) is 0 Å². The number of rotatable bonds is 8. The first kappa shape index (κ1) is 18.9. The van der Waals surface area contributed by atoms with Gasteiger partial charge in [-0.15, -0.1) is 0 Å². The molecule has 0 aromatic heterocycles. The van der Waals surface area contributed by atoms with Crippen molar-refractivity contribution in [3.8, 4) is 0 Å². The van der Waals surface area contributed by atoms with Crippen molar-refractivity contribution in [2.75, 3.05) is 26.2 Å². The van der Waals surface area contributed by atoms with Gasteiger partial charge in [0.15, 0.2) is 0 Å². The van der Waals surface area contributed by atoms with Gasteiger partial charge in [0, 0.05) is 13.1 Å². The summed E-state index contributed by atoms with van der Waals surface area (Å²) < 4.78 is 0. The predicted octanol–water partition coefficient (Wildman–Crippen LogP) is 3.01. The van der Waals surface area contributed by atoms with E-state index in [-0.39, 0.29) is 11.9 Å². The first-order valence-corrected chi connectivity index (χ1v) is 9.35. The molecule has 134 valence electrons. The molecular weight excluding hydrogens is 298 g/mol. The van der Waals surface area contributed by atoms with Crippen molar-refractivity contribution in [1.82, 2.24) is 10.2 Å². The zero-order chi connectivity index (χ0) is 17.6. The lowest BCUT2D eigenvalue weighted by Gasteiger charge is -2.32. The Bertz CT molecular complexity index is 508. The Morgan fingerprint density at radius 3 is 2.29 bits per heavy atom. The van der Waals surface area contributed by atoms with Crippen molar-refractivity contribution in [1.29, 1.82) is 0 Å². The van der Waals surface area contributed by atoms with Crippen molar-refractivity contribution in [3.05, 3.63) is 35.4 Å². The third-order valence-corrected chi connectivity index (χ3v) is 5.73. The molecule has 24 heavy (non-hydrogen) atoms. The number of nitrogens with one attached hydrogen (secondary N) is 1. The zero-order valence-electron chi connectivity index (χ0n) is 15.5. The fourth-order valence-electron chi connectivity index (χ4n) is 3.63. The maximum absolute atomic E-state index is 12.8. The summed E-state index contributed by atoms with van der Waals surface area (Å²) in [5, 5.41) is 3.21. The summed E-state index contributed by atoms with van der Waals surface area (Å²) >= 11 is 0. The van der Waals surface area contributed by atoms with E-state index in [0.29, 0.717) is 13.1 Å². The molecule has 4 heteroatoms. The van der Waals surface area contributed by atoms with E-state index in [2.05, 4.69) is 41.4 Å².